The van der Waals surface area contributed by atoms with Gasteiger partial charge in [0.1, 0.15) is 30.1 Å². The maximum Gasteiger partial charge on any atom is 0.153 e. The molecule has 3 aromatic rings. The number of ether oxygens (including phenoxy) is 1. The molecule has 0 unspecified atom stereocenters. The average molecular weight is 433 g/mol. The lowest BCUT2D eigenvalue weighted by Crippen LogP contribution is -2.27. The molecule has 3 aromatic heterocycles. The van der Waals surface area contributed by atoms with Gasteiger partial charge in [-0.05, 0) is 69.5 Å². The molecule has 9 nitrogen and oxygen atoms in total. The molecule has 0 aliphatic carbocycles. The van der Waals surface area contributed by atoms with Crippen LogP contribution in [0.2, 0.25) is 0 Å². The maximum absolute atomic E-state index is 9.96. The van der Waals surface area contributed by atoms with Crippen molar-refractivity contribution in [3.63, 3.8) is 0 Å². The molecule has 9 heteroatoms. The predicted molar refractivity (Wildman–Crippen MR) is 123 cm³/mol. The minimum absolute atomic E-state index is 0.310. The van der Waals surface area contributed by atoms with Gasteiger partial charge in [-0.1, -0.05) is 0 Å². The largest absolute Gasteiger partial charge is 0.490 e. The molecule has 0 spiro atoms. The Bertz CT molecular complexity index is 1100. The Morgan fingerprint density at radius 1 is 1.22 bits per heavy atom. The van der Waals surface area contributed by atoms with Crippen molar-refractivity contribution < 1.29 is 4.74 Å². The van der Waals surface area contributed by atoms with Crippen LogP contribution in [0.3, 0.4) is 0 Å². The van der Waals surface area contributed by atoms with E-state index < -0.39 is 0 Å². The van der Waals surface area contributed by atoms with E-state index in [4.69, 9.17) is 4.74 Å². The Morgan fingerprint density at radius 3 is 2.78 bits per heavy atom. The molecule has 1 fully saturated rings. The summed E-state index contributed by atoms with van der Waals surface area (Å²) in [6.45, 7) is 6.68. The van der Waals surface area contributed by atoms with E-state index in [2.05, 4.69) is 42.2 Å². The Balaban J connectivity index is 1.55. The van der Waals surface area contributed by atoms with E-state index in [1.165, 1.54) is 0 Å². The van der Waals surface area contributed by atoms with Gasteiger partial charge in [0, 0.05) is 18.0 Å². The zero-order valence-corrected chi connectivity index (χ0v) is 18.4. The number of anilines is 3. The van der Waals surface area contributed by atoms with Gasteiger partial charge in [0.05, 0.1) is 17.8 Å². The average Bonchev–Trinajstić information content (AvgIpc) is 3.22. The number of hydrogen-bond acceptors (Lipinski definition) is 8. The van der Waals surface area contributed by atoms with Crippen LogP contribution in [-0.2, 0) is 0 Å². The maximum atomic E-state index is 9.96. The zero-order chi connectivity index (χ0) is 22.3. The summed E-state index contributed by atoms with van der Waals surface area (Å²) >= 11 is 0. The molecular weight excluding hydrogens is 404 g/mol. The van der Waals surface area contributed by atoms with Crippen LogP contribution in [0.5, 0.6) is 5.75 Å². The molecule has 4 N–H and O–H groups in total. The summed E-state index contributed by atoms with van der Waals surface area (Å²) in [5, 5.41) is 27.1. The number of nitrogens with zero attached hydrogens (tertiary/aromatic N) is 4. The number of nitriles is 1. The van der Waals surface area contributed by atoms with Gasteiger partial charge in [-0.15, -0.1) is 0 Å². The van der Waals surface area contributed by atoms with Gasteiger partial charge in [0.25, 0.3) is 0 Å². The van der Waals surface area contributed by atoms with E-state index in [1.807, 2.05) is 38.1 Å². The number of aryl methyl sites for hydroxylation is 2. The van der Waals surface area contributed by atoms with E-state index in [0.717, 1.165) is 48.6 Å². The third-order valence-corrected chi connectivity index (χ3v) is 5.51. The highest BCUT2D eigenvalue weighted by molar-refractivity contribution is 5.64. The first-order valence-corrected chi connectivity index (χ1v) is 10.9. The molecule has 0 saturated carbocycles. The van der Waals surface area contributed by atoms with E-state index in [1.54, 1.807) is 6.20 Å². The summed E-state index contributed by atoms with van der Waals surface area (Å²) in [4.78, 5) is 8.92. The van der Waals surface area contributed by atoms with Crippen LogP contribution in [0.4, 0.5) is 17.5 Å². The van der Waals surface area contributed by atoms with Gasteiger partial charge in [0.15, 0.2) is 5.82 Å². The number of piperidine rings is 1. The van der Waals surface area contributed by atoms with Crippen molar-refractivity contribution in [3.05, 3.63) is 53.0 Å². The number of pyridine rings is 2. The monoisotopic (exact) mass is 432 g/mol. The summed E-state index contributed by atoms with van der Waals surface area (Å²) in [5.74, 6) is 2.98. The van der Waals surface area contributed by atoms with Gasteiger partial charge in [-0.25, -0.2) is 4.98 Å². The second-order valence-corrected chi connectivity index (χ2v) is 7.88. The Morgan fingerprint density at radius 2 is 2.06 bits per heavy atom. The predicted octanol–water partition coefficient (Wildman–Crippen LogP) is 3.39. The molecule has 0 radical (unpaired) electrons. The molecule has 4 heterocycles. The quantitative estimate of drug-likeness (QED) is 0.399. The SMILES string of the molecule is Cc1cc(Nc2cc(C3CCNCC3)c(C#N)c(NCCOc3cccnc3C)n2)n[nH]1. The lowest BCUT2D eigenvalue weighted by Gasteiger charge is -2.25. The highest BCUT2D eigenvalue weighted by Gasteiger charge is 2.22. The van der Waals surface area contributed by atoms with Crippen LogP contribution in [0.1, 0.15) is 41.3 Å². The molecule has 0 atom stereocenters. The number of H-pyrrole nitrogens is 1. The van der Waals surface area contributed by atoms with E-state index in [-0.39, 0.29) is 0 Å². The number of rotatable bonds is 8. The Labute approximate surface area is 187 Å². The summed E-state index contributed by atoms with van der Waals surface area (Å²) in [6.07, 6.45) is 3.72. The van der Waals surface area contributed by atoms with Gasteiger partial charge in [-0.3, -0.25) is 10.1 Å². The molecule has 1 aliphatic heterocycles. The van der Waals surface area contributed by atoms with Crippen LogP contribution in [-0.4, -0.2) is 46.4 Å². The molecule has 32 heavy (non-hydrogen) atoms. The van der Waals surface area contributed by atoms with Crippen LogP contribution in [0.25, 0.3) is 0 Å². The molecule has 1 aliphatic rings. The minimum Gasteiger partial charge on any atom is -0.490 e. The summed E-state index contributed by atoms with van der Waals surface area (Å²) < 4.78 is 5.83. The fourth-order valence-corrected chi connectivity index (χ4v) is 3.89. The Kier molecular flexibility index (Phi) is 6.82. The highest BCUT2D eigenvalue weighted by Crippen LogP contribution is 2.33. The normalized spacial score (nSPS) is 14.0. The molecule has 1 saturated heterocycles. The molecule has 0 bridgehead atoms. The first kappa shape index (κ1) is 21.6. The summed E-state index contributed by atoms with van der Waals surface area (Å²) in [5.41, 5.74) is 3.42. The molecular formula is C23H28N8O. The van der Waals surface area contributed by atoms with Gasteiger partial charge >= 0.3 is 0 Å². The van der Waals surface area contributed by atoms with E-state index >= 15 is 0 Å². The zero-order valence-electron chi connectivity index (χ0n) is 18.4. The van der Waals surface area contributed by atoms with Crippen molar-refractivity contribution in [1.29, 1.82) is 5.26 Å². The van der Waals surface area contributed by atoms with E-state index in [9.17, 15) is 5.26 Å². The molecule has 4 rings (SSSR count). The van der Waals surface area contributed by atoms with Crippen LogP contribution < -0.4 is 20.7 Å². The summed E-state index contributed by atoms with van der Waals surface area (Å²) in [7, 11) is 0. The summed E-state index contributed by atoms with van der Waals surface area (Å²) in [6, 6.07) is 10.0. The second kappa shape index (κ2) is 10.1. The second-order valence-electron chi connectivity index (χ2n) is 7.88. The van der Waals surface area contributed by atoms with Gasteiger partial charge < -0.3 is 20.7 Å². The molecule has 0 amide bonds. The van der Waals surface area contributed by atoms with Crippen LogP contribution in [0.15, 0.2) is 30.5 Å². The first-order chi connectivity index (χ1) is 15.6. The highest BCUT2D eigenvalue weighted by atomic mass is 16.5. The van der Waals surface area contributed by atoms with E-state index in [0.29, 0.717) is 42.1 Å². The van der Waals surface area contributed by atoms with Crippen molar-refractivity contribution in [2.45, 2.75) is 32.6 Å². The van der Waals surface area contributed by atoms with Crippen molar-refractivity contribution >= 4 is 17.5 Å². The third-order valence-electron chi connectivity index (χ3n) is 5.51. The van der Waals surface area contributed by atoms with Crippen LogP contribution in [0, 0.1) is 25.2 Å². The van der Waals surface area contributed by atoms with Crippen LogP contribution >= 0.6 is 0 Å². The number of nitrogens with one attached hydrogen (secondary N) is 4. The van der Waals surface area contributed by atoms with Gasteiger partial charge in [0.2, 0.25) is 0 Å². The van der Waals surface area contributed by atoms with Crippen molar-refractivity contribution in [2.75, 3.05) is 36.9 Å². The molecule has 166 valence electrons. The lowest BCUT2D eigenvalue weighted by atomic mass is 9.87. The minimum atomic E-state index is 0.310. The lowest BCUT2D eigenvalue weighted by molar-refractivity contribution is 0.329. The smallest absolute Gasteiger partial charge is 0.153 e. The fourth-order valence-electron chi connectivity index (χ4n) is 3.89. The van der Waals surface area contributed by atoms with Crippen molar-refractivity contribution in [1.82, 2.24) is 25.5 Å². The first-order valence-electron chi connectivity index (χ1n) is 10.9. The topological polar surface area (TPSA) is 124 Å². The van der Waals surface area contributed by atoms with Crippen molar-refractivity contribution in [3.8, 4) is 11.8 Å². The van der Waals surface area contributed by atoms with Gasteiger partial charge in [-0.2, -0.15) is 10.4 Å². The van der Waals surface area contributed by atoms with Crippen molar-refractivity contribution in [2.24, 2.45) is 0 Å². The standard InChI is InChI=1S/C23H28N8O/c1-15-12-22(31-30-15)28-21-13-18(17-5-8-25-9-6-17)19(14-24)23(29-21)27-10-11-32-20-4-3-7-26-16(20)2/h3-4,7,12-13,17,25H,5-6,8-11H2,1-2H3,(H3,27,28,29,30,31). The number of hydrogen-bond donors (Lipinski definition) is 4. The number of aromatic amines is 1. The molecule has 0 aromatic carbocycles. The third kappa shape index (κ3) is 5.15. The fraction of sp³-hybridized carbons (Fsp3) is 0.391. The number of aromatic nitrogens is 4. The Hall–Kier alpha value is -3.64.